The Morgan fingerprint density at radius 2 is 2.06 bits per heavy atom. The second-order valence-electron chi connectivity index (χ2n) is 5.35. The second kappa shape index (κ2) is 4.56. The Balaban J connectivity index is 2.02. The van der Waals surface area contributed by atoms with E-state index in [1.165, 1.54) is 5.57 Å². The zero-order chi connectivity index (χ0) is 12.5. The molecule has 0 aromatic heterocycles. The summed E-state index contributed by atoms with van der Waals surface area (Å²) in [5.41, 5.74) is 2.34. The van der Waals surface area contributed by atoms with Gasteiger partial charge in [-0.25, -0.2) is 0 Å². The molecular weight excluding hydrogens is 220 g/mol. The predicted molar refractivity (Wildman–Crippen MR) is 74.0 cm³/mol. The molecule has 0 amide bonds. The number of hydrogen-bond acceptors (Lipinski definition) is 1. The van der Waals surface area contributed by atoms with Crippen molar-refractivity contribution in [1.29, 1.82) is 0 Å². The van der Waals surface area contributed by atoms with Gasteiger partial charge in [0.15, 0.2) is 5.78 Å². The maximum atomic E-state index is 12.6. The fraction of sp³-hybridized carbons (Fsp3) is 0.353. The molecule has 18 heavy (non-hydrogen) atoms. The van der Waals surface area contributed by atoms with E-state index in [0.717, 1.165) is 18.4 Å². The Hall–Kier alpha value is -1.63. The minimum Gasteiger partial charge on any atom is -0.294 e. The summed E-state index contributed by atoms with van der Waals surface area (Å²) in [4.78, 5) is 12.6. The molecule has 3 aliphatic carbocycles. The van der Waals surface area contributed by atoms with Crippen LogP contribution in [0, 0.1) is 17.8 Å². The lowest BCUT2D eigenvalue weighted by Crippen LogP contribution is -2.28. The molecule has 0 fully saturated rings. The molecule has 3 rings (SSSR count). The molecule has 3 atom stereocenters. The van der Waals surface area contributed by atoms with Crippen molar-refractivity contribution in [3.63, 3.8) is 0 Å². The normalized spacial score (nSPS) is 34.1. The average molecular weight is 238 g/mol. The summed E-state index contributed by atoms with van der Waals surface area (Å²) >= 11 is 0. The number of ketones is 1. The molecule has 0 aliphatic heterocycles. The van der Waals surface area contributed by atoms with Crippen LogP contribution < -0.4 is 0 Å². The molecule has 0 bridgehead atoms. The van der Waals surface area contributed by atoms with Crippen molar-refractivity contribution in [1.82, 2.24) is 0 Å². The summed E-state index contributed by atoms with van der Waals surface area (Å²) in [5, 5.41) is 0. The van der Waals surface area contributed by atoms with Crippen LogP contribution >= 0.6 is 0 Å². The Labute approximate surface area is 108 Å². The van der Waals surface area contributed by atoms with E-state index in [2.05, 4.69) is 43.4 Å². The Morgan fingerprint density at radius 3 is 2.94 bits per heavy atom. The van der Waals surface area contributed by atoms with Crippen molar-refractivity contribution < 1.29 is 4.79 Å². The van der Waals surface area contributed by atoms with Gasteiger partial charge >= 0.3 is 0 Å². The van der Waals surface area contributed by atoms with E-state index in [0.29, 0.717) is 11.7 Å². The van der Waals surface area contributed by atoms with Crippen LogP contribution in [0.3, 0.4) is 0 Å². The molecule has 3 aliphatic rings. The molecule has 0 heterocycles. The van der Waals surface area contributed by atoms with Crippen LogP contribution in [0.4, 0.5) is 0 Å². The minimum atomic E-state index is 0.0537. The molecule has 0 saturated carbocycles. The fourth-order valence-electron chi connectivity index (χ4n) is 3.12. The average Bonchev–Trinajstić information content (AvgIpc) is 2.43. The third-order valence-electron chi connectivity index (χ3n) is 4.25. The van der Waals surface area contributed by atoms with E-state index >= 15 is 0 Å². The number of fused-ring (bicyclic) bond motifs is 2. The van der Waals surface area contributed by atoms with Crippen LogP contribution in [0.5, 0.6) is 0 Å². The van der Waals surface area contributed by atoms with Crippen molar-refractivity contribution in [3.8, 4) is 0 Å². The number of Topliss-reactive ketones (excluding diaryl/α,β-unsaturated/α-hetero) is 1. The van der Waals surface area contributed by atoms with Crippen LogP contribution in [0.25, 0.3) is 0 Å². The quantitative estimate of drug-likeness (QED) is 0.628. The zero-order valence-electron chi connectivity index (χ0n) is 10.7. The van der Waals surface area contributed by atoms with Gasteiger partial charge in [0.2, 0.25) is 0 Å². The summed E-state index contributed by atoms with van der Waals surface area (Å²) in [6.07, 6.45) is 19.0. The largest absolute Gasteiger partial charge is 0.294 e. The molecule has 0 saturated heterocycles. The van der Waals surface area contributed by atoms with Crippen molar-refractivity contribution in [3.05, 3.63) is 59.8 Å². The van der Waals surface area contributed by atoms with E-state index in [1.807, 2.05) is 12.2 Å². The second-order valence-corrected chi connectivity index (χ2v) is 5.35. The van der Waals surface area contributed by atoms with Gasteiger partial charge in [0, 0.05) is 11.8 Å². The van der Waals surface area contributed by atoms with Gasteiger partial charge in [0.05, 0.1) is 0 Å². The number of allylic oxidation sites excluding steroid dienone is 10. The van der Waals surface area contributed by atoms with Crippen LogP contribution in [-0.4, -0.2) is 5.78 Å². The molecule has 1 heteroatoms. The lowest BCUT2D eigenvalue weighted by atomic mass is 9.73. The maximum Gasteiger partial charge on any atom is 0.162 e. The highest BCUT2D eigenvalue weighted by atomic mass is 16.1. The van der Waals surface area contributed by atoms with Crippen molar-refractivity contribution in [2.45, 2.75) is 19.8 Å². The molecular formula is C17H18O. The van der Waals surface area contributed by atoms with Gasteiger partial charge < -0.3 is 0 Å². The van der Waals surface area contributed by atoms with Crippen LogP contribution in [0.1, 0.15) is 19.8 Å². The van der Waals surface area contributed by atoms with Crippen LogP contribution in [0.2, 0.25) is 0 Å². The number of hydrogen-bond donors (Lipinski definition) is 0. The first-order chi connectivity index (χ1) is 8.77. The van der Waals surface area contributed by atoms with Crippen LogP contribution in [0.15, 0.2) is 59.8 Å². The molecule has 3 unspecified atom stereocenters. The standard InChI is InChI=1S/C17H18O/c1-12-15-8-4-2-6-13(15)10-11-14-7-3-5-9-16(14)17(12)18/h2-6,8-10,12,14-15H,7,11H2,1H3. The van der Waals surface area contributed by atoms with E-state index in [-0.39, 0.29) is 11.8 Å². The first-order valence-corrected chi connectivity index (χ1v) is 6.73. The predicted octanol–water partition coefficient (Wildman–Crippen LogP) is 3.77. The zero-order valence-corrected chi connectivity index (χ0v) is 10.7. The van der Waals surface area contributed by atoms with Gasteiger partial charge in [-0.3, -0.25) is 4.79 Å². The lowest BCUT2D eigenvalue weighted by molar-refractivity contribution is -0.120. The highest BCUT2D eigenvalue weighted by Gasteiger charge is 2.32. The van der Waals surface area contributed by atoms with E-state index in [9.17, 15) is 4.79 Å². The van der Waals surface area contributed by atoms with Gasteiger partial charge in [-0.15, -0.1) is 0 Å². The molecule has 1 nitrogen and oxygen atoms in total. The molecule has 0 N–H and O–H groups in total. The monoisotopic (exact) mass is 238 g/mol. The van der Waals surface area contributed by atoms with Crippen molar-refractivity contribution >= 4 is 5.78 Å². The summed E-state index contributed by atoms with van der Waals surface area (Å²) in [6.45, 7) is 2.06. The van der Waals surface area contributed by atoms with Gasteiger partial charge in [-0.1, -0.05) is 55.5 Å². The fourth-order valence-corrected chi connectivity index (χ4v) is 3.12. The SMILES string of the molecule is CC1C(=O)C2=CC=CCC2CC=C2C=CC=CC21. The molecule has 0 spiro atoms. The van der Waals surface area contributed by atoms with Crippen LogP contribution in [-0.2, 0) is 4.79 Å². The smallest absolute Gasteiger partial charge is 0.162 e. The third kappa shape index (κ3) is 1.84. The van der Waals surface area contributed by atoms with E-state index in [4.69, 9.17) is 0 Å². The Kier molecular flexibility index (Phi) is 2.91. The Bertz CT molecular complexity index is 514. The number of carbonyl (C=O) groups excluding carboxylic acids is 1. The number of carbonyl (C=O) groups is 1. The summed E-state index contributed by atoms with van der Waals surface area (Å²) < 4.78 is 0. The van der Waals surface area contributed by atoms with Gasteiger partial charge in [0.1, 0.15) is 0 Å². The highest BCUT2D eigenvalue weighted by Crippen LogP contribution is 2.36. The molecule has 0 aromatic rings. The van der Waals surface area contributed by atoms with E-state index < -0.39 is 0 Å². The van der Waals surface area contributed by atoms with Gasteiger partial charge in [-0.2, -0.15) is 0 Å². The highest BCUT2D eigenvalue weighted by molar-refractivity contribution is 5.98. The van der Waals surface area contributed by atoms with Gasteiger partial charge in [0.25, 0.3) is 0 Å². The minimum absolute atomic E-state index is 0.0537. The summed E-state index contributed by atoms with van der Waals surface area (Å²) in [6, 6.07) is 0. The molecule has 0 aromatic carbocycles. The van der Waals surface area contributed by atoms with Crippen molar-refractivity contribution in [2.24, 2.45) is 17.8 Å². The van der Waals surface area contributed by atoms with E-state index in [1.54, 1.807) is 0 Å². The topological polar surface area (TPSA) is 17.1 Å². The lowest BCUT2D eigenvalue weighted by Gasteiger charge is -2.30. The first-order valence-electron chi connectivity index (χ1n) is 6.73. The Morgan fingerprint density at radius 1 is 1.17 bits per heavy atom. The van der Waals surface area contributed by atoms with Crippen molar-refractivity contribution in [2.75, 3.05) is 0 Å². The molecule has 92 valence electrons. The third-order valence-corrected chi connectivity index (χ3v) is 4.25. The molecule has 0 radical (unpaired) electrons. The summed E-state index contributed by atoms with van der Waals surface area (Å²) in [5.74, 6) is 1.03. The maximum absolute atomic E-state index is 12.6. The summed E-state index contributed by atoms with van der Waals surface area (Å²) in [7, 11) is 0. The van der Waals surface area contributed by atoms with Gasteiger partial charge in [-0.05, 0) is 29.9 Å². The first kappa shape index (κ1) is 11.5. The number of rotatable bonds is 0.